The normalized spacial score (nSPS) is 12.2. The number of hydrogen-bond acceptors (Lipinski definition) is 3. The van der Waals surface area contributed by atoms with Crippen LogP contribution in [0.4, 0.5) is 0 Å². The number of hydrogen-bond donors (Lipinski definition) is 0. The Kier molecular flexibility index (Phi) is 3.69. The van der Waals surface area contributed by atoms with Crippen LogP contribution >= 0.6 is 11.3 Å². The molecule has 0 aliphatic heterocycles. The molecule has 0 saturated heterocycles. The molecule has 0 radical (unpaired) electrons. The summed E-state index contributed by atoms with van der Waals surface area (Å²) >= 11 is 1.74. The van der Waals surface area contributed by atoms with Crippen LogP contribution in [0, 0.1) is 5.41 Å². The summed E-state index contributed by atoms with van der Waals surface area (Å²) in [7, 11) is 5.77. The van der Waals surface area contributed by atoms with Crippen LogP contribution in [0.15, 0.2) is 4.79 Å². The molecule has 19 heavy (non-hydrogen) atoms. The van der Waals surface area contributed by atoms with Gasteiger partial charge in [-0.05, 0) is 11.8 Å². The molecule has 2 aromatic heterocycles. The molecule has 0 N–H and O–H groups in total. The number of nitrogens with zero attached hydrogens (tertiary/aromatic N) is 2. The van der Waals surface area contributed by atoms with E-state index >= 15 is 0 Å². The lowest BCUT2D eigenvalue weighted by atomic mass is 9.81. The van der Waals surface area contributed by atoms with E-state index in [1.165, 1.54) is 9.47 Å². The smallest absolute Gasteiger partial charge is 0.261 e. The molecular formula is C12H19B3N2OS. The maximum Gasteiger partial charge on any atom is 0.261 e. The Balaban J connectivity index is 2.67. The topological polar surface area (TPSA) is 34.9 Å². The van der Waals surface area contributed by atoms with E-state index in [2.05, 4.69) is 33.7 Å². The van der Waals surface area contributed by atoms with E-state index in [0.717, 1.165) is 34.0 Å². The van der Waals surface area contributed by atoms with Crippen molar-refractivity contribution in [1.82, 2.24) is 9.69 Å². The molecule has 2 heterocycles. The molecule has 2 rings (SSSR count). The van der Waals surface area contributed by atoms with Gasteiger partial charge in [0.05, 0.1) is 10.1 Å². The quantitative estimate of drug-likeness (QED) is 0.627. The SMILES string of the molecule is Bc1nn(B)c(=O)c2c(B)c(CC(C)(C)CC)sc12. The highest BCUT2D eigenvalue weighted by Gasteiger charge is 2.21. The van der Waals surface area contributed by atoms with Gasteiger partial charge < -0.3 is 0 Å². The molecule has 0 unspecified atom stereocenters. The van der Waals surface area contributed by atoms with Gasteiger partial charge in [0.15, 0.2) is 7.85 Å². The zero-order valence-electron chi connectivity index (χ0n) is 12.6. The first kappa shape index (κ1) is 14.4. The molecule has 0 aromatic carbocycles. The molecule has 98 valence electrons. The largest absolute Gasteiger partial charge is 0.288 e. The maximum atomic E-state index is 12.3. The van der Waals surface area contributed by atoms with Crippen LogP contribution in [-0.2, 0) is 6.42 Å². The van der Waals surface area contributed by atoms with Crippen LogP contribution in [0.1, 0.15) is 32.1 Å². The van der Waals surface area contributed by atoms with Gasteiger partial charge in [-0.2, -0.15) is 5.10 Å². The van der Waals surface area contributed by atoms with Crippen LogP contribution in [0.5, 0.6) is 0 Å². The fourth-order valence-electron chi connectivity index (χ4n) is 2.28. The van der Waals surface area contributed by atoms with Gasteiger partial charge in [-0.1, -0.05) is 32.7 Å². The van der Waals surface area contributed by atoms with Crippen molar-refractivity contribution in [2.45, 2.75) is 33.6 Å². The van der Waals surface area contributed by atoms with Crippen LogP contribution in [-0.4, -0.2) is 33.4 Å². The Hall–Kier alpha value is -0.965. The number of thiophene rings is 1. The Morgan fingerprint density at radius 2 is 2.00 bits per heavy atom. The second kappa shape index (κ2) is 4.86. The predicted molar refractivity (Wildman–Crippen MR) is 92.0 cm³/mol. The third kappa shape index (κ3) is 2.53. The van der Waals surface area contributed by atoms with Gasteiger partial charge in [-0.15, -0.1) is 11.3 Å². The Labute approximate surface area is 120 Å². The number of aromatic nitrogens is 2. The molecule has 0 saturated carbocycles. The zero-order valence-corrected chi connectivity index (χ0v) is 13.4. The first-order valence-corrected chi connectivity index (χ1v) is 7.54. The third-order valence-corrected chi connectivity index (χ3v) is 5.38. The number of fused-ring (bicyclic) bond motifs is 1. The van der Waals surface area contributed by atoms with Gasteiger partial charge in [-0.3, -0.25) is 9.39 Å². The molecule has 0 aliphatic rings. The summed E-state index contributed by atoms with van der Waals surface area (Å²) in [5.74, 6) is 0. The van der Waals surface area contributed by atoms with E-state index in [9.17, 15) is 4.79 Å². The van der Waals surface area contributed by atoms with Gasteiger partial charge in [0, 0.05) is 10.5 Å². The lowest BCUT2D eigenvalue weighted by molar-refractivity contribution is 0.352. The summed E-state index contributed by atoms with van der Waals surface area (Å²) in [6, 6.07) is 0. The Morgan fingerprint density at radius 3 is 2.58 bits per heavy atom. The minimum Gasteiger partial charge on any atom is -0.288 e. The highest BCUT2D eigenvalue weighted by molar-refractivity contribution is 7.21. The van der Waals surface area contributed by atoms with Crippen molar-refractivity contribution in [1.29, 1.82) is 0 Å². The minimum atomic E-state index is 0.0231. The average molecular weight is 272 g/mol. The van der Waals surface area contributed by atoms with E-state index in [1.807, 2.05) is 7.85 Å². The van der Waals surface area contributed by atoms with E-state index < -0.39 is 0 Å². The summed E-state index contributed by atoms with van der Waals surface area (Å²) in [6.07, 6.45) is 2.16. The first-order valence-electron chi connectivity index (χ1n) is 6.72. The van der Waals surface area contributed by atoms with Crippen LogP contribution in [0.25, 0.3) is 10.1 Å². The molecule has 7 heteroatoms. The van der Waals surface area contributed by atoms with Gasteiger partial charge >= 0.3 is 0 Å². The monoisotopic (exact) mass is 272 g/mol. The highest BCUT2D eigenvalue weighted by atomic mass is 32.1. The molecule has 0 aliphatic carbocycles. The molecule has 2 aromatic rings. The summed E-state index contributed by atoms with van der Waals surface area (Å²) in [6.45, 7) is 6.77. The van der Waals surface area contributed by atoms with Crippen molar-refractivity contribution in [2.24, 2.45) is 5.41 Å². The Bertz CT molecular complexity index is 690. The van der Waals surface area contributed by atoms with Crippen LogP contribution in [0.3, 0.4) is 0 Å². The summed E-state index contributed by atoms with van der Waals surface area (Å²) in [4.78, 5) is 13.6. The lowest BCUT2D eigenvalue weighted by Crippen LogP contribution is -2.31. The van der Waals surface area contributed by atoms with Crippen molar-refractivity contribution in [3.05, 3.63) is 15.2 Å². The van der Waals surface area contributed by atoms with Crippen molar-refractivity contribution in [2.75, 3.05) is 0 Å². The molecular weight excluding hydrogens is 253 g/mol. The highest BCUT2D eigenvalue weighted by Crippen LogP contribution is 2.29. The van der Waals surface area contributed by atoms with Crippen LogP contribution < -0.4 is 16.6 Å². The van der Waals surface area contributed by atoms with Crippen molar-refractivity contribution >= 4 is 56.2 Å². The summed E-state index contributed by atoms with van der Waals surface area (Å²) in [5, 5.41) is 5.15. The molecule has 0 fully saturated rings. The Morgan fingerprint density at radius 1 is 1.37 bits per heavy atom. The predicted octanol–water partition coefficient (Wildman–Crippen LogP) is -1.65. The third-order valence-electron chi connectivity index (χ3n) is 3.98. The molecule has 3 nitrogen and oxygen atoms in total. The van der Waals surface area contributed by atoms with Crippen molar-refractivity contribution < 1.29 is 0 Å². The maximum absolute atomic E-state index is 12.3. The second-order valence-corrected chi connectivity index (χ2v) is 7.17. The second-order valence-electron chi connectivity index (χ2n) is 6.06. The molecule has 0 bridgehead atoms. The number of rotatable bonds is 3. The lowest BCUT2D eigenvalue weighted by Gasteiger charge is -2.22. The summed E-state index contributed by atoms with van der Waals surface area (Å²) in [5.41, 5.74) is 2.39. The van der Waals surface area contributed by atoms with E-state index in [4.69, 9.17) is 0 Å². The summed E-state index contributed by atoms with van der Waals surface area (Å²) < 4.78 is 2.51. The van der Waals surface area contributed by atoms with Gasteiger partial charge in [-0.25, -0.2) is 0 Å². The average Bonchev–Trinajstić information content (AvgIpc) is 2.64. The fourth-order valence-corrected chi connectivity index (χ4v) is 3.77. The van der Waals surface area contributed by atoms with Gasteiger partial charge in [0.1, 0.15) is 7.85 Å². The fraction of sp³-hybridized carbons (Fsp3) is 0.500. The minimum absolute atomic E-state index is 0.0231. The van der Waals surface area contributed by atoms with Crippen molar-refractivity contribution in [3.8, 4) is 0 Å². The van der Waals surface area contributed by atoms with Gasteiger partial charge in [0.25, 0.3) is 13.5 Å². The van der Waals surface area contributed by atoms with E-state index in [-0.39, 0.29) is 11.0 Å². The zero-order chi connectivity index (χ0) is 14.4. The molecule has 0 atom stereocenters. The van der Waals surface area contributed by atoms with Gasteiger partial charge in [0.2, 0.25) is 0 Å². The molecule has 0 spiro atoms. The van der Waals surface area contributed by atoms with Crippen LogP contribution in [0.2, 0.25) is 0 Å². The standard InChI is InChI=1S/C12H19B3N2OS/c1-4-12(2,3)5-6-8(13)7-9(19-6)10(14)16-17(15)11(7)18/h4-5,13-15H2,1-3H3. The molecule has 0 amide bonds. The van der Waals surface area contributed by atoms with Crippen molar-refractivity contribution in [3.63, 3.8) is 0 Å². The van der Waals surface area contributed by atoms with E-state index in [1.54, 1.807) is 19.3 Å². The van der Waals surface area contributed by atoms with E-state index in [0.29, 0.717) is 0 Å². The first-order chi connectivity index (χ1) is 8.76.